The Morgan fingerprint density at radius 1 is 0.613 bits per heavy atom. The Morgan fingerprint density at radius 3 is 1.41 bits per heavy atom. The molecule has 0 bridgehead atoms. The van der Waals surface area contributed by atoms with Gasteiger partial charge in [-0.05, 0) is 98.1 Å². The summed E-state index contributed by atoms with van der Waals surface area (Å²) in [6.07, 6.45) is 12.2. The van der Waals surface area contributed by atoms with Gasteiger partial charge in [-0.15, -0.1) is 12.4 Å². The van der Waals surface area contributed by atoms with Crippen molar-refractivity contribution >= 4 is 69.4 Å². The van der Waals surface area contributed by atoms with Gasteiger partial charge in [0.25, 0.3) is 17.0 Å². The van der Waals surface area contributed by atoms with Crippen molar-refractivity contribution in [2.75, 3.05) is 48.3 Å². The highest BCUT2D eigenvalue weighted by molar-refractivity contribution is 6.00. The summed E-state index contributed by atoms with van der Waals surface area (Å²) < 4.78 is 6.75. The number of nitrogens with zero attached hydrogens (tertiary/aromatic N) is 11. The van der Waals surface area contributed by atoms with E-state index in [2.05, 4.69) is 46.1 Å². The van der Waals surface area contributed by atoms with E-state index in [1.54, 1.807) is 35.8 Å². The molecule has 0 spiro atoms. The monoisotopic (exact) mass is 1090 g/mol. The van der Waals surface area contributed by atoms with Crippen molar-refractivity contribution in [1.82, 2.24) is 58.8 Å². The van der Waals surface area contributed by atoms with Gasteiger partial charge in [0.05, 0.1) is 35.2 Å². The Kier molecular flexibility index (Phi) is 16.4. The Balaban J connectivity index is 0.000000179. The number of rotatable bonds is 12. The van der Waals surface area contributed by atoms with Gasteiger partial charge in [0.2, 0.25) is 11.9 Å². The number of likely N-dealkylation sites (tertiary alicyclic amines) is 1. The average molecular weight is 1100 g/mol. The highest BCUT2D eigenvalue weighted by Gasteiger charge is 2.28. The number of benzene rings is 4. The lowest BCUT2D eigenvalue weighted by atomic mass is 9.99. The summed E-state index contributed by atoms with van der Waals surface area (Å²) in [6.45, 7) is 7.67. The Morgan fingerprint density at radius 2 is 1.04 bits per heavy atom. The lowest BCUT2D eigenvalue weighted by Gasteiger charge is -2.31. The number of hydrogen-bond donors (Lipinski definition) is 6. The molecule has 80 heavy (non-hydrogen) atoms. The van der Waals surface area contributed by atoms with Gasteiger partial charge >= 0.3 is 5.97 Å². The number of aryl methyl sites for hydroxylation is 2. The smallest absolute Gasteiger partial charge is 0.341 e. The second-order valence-electron chi connectivity index (χ2n) is 19.2. The molecule has 21 nitrogen and oxygen atoms in total. The van der Waals surface area contributed by atoms with Gasteiger partial charge in [0.15, 0.2) is 0 Å². The number of carboxylic acids is 1. The van der Waals surface area contributed by atoms with Crippen molar-refractivity contribution in [3.05, 3.63) is 190 Å². The van der Waals surface area contributed by atoms with Crippen LogP contribution in [0, 0.1) is 0 Å². The van der Waals surface area contributed by atoms with Crippen LogP contribution in [0.4, 0.5) is 23.5 Å². The summed E-state index contributed by atoms with van der Waals surface area (Å²) in [6, 6.07) is 33.3. The number of carbonyl (C=O) groups is 2. The number of hydrogen-bond acceptors (Lipinski definition) is 15. The minimum atomic E-state index is -1.19. The van der Waals surface area contributed by atoms with Crippen molar-refractivity contribution in [2.45, 2.75) is 38.8 Å². The molecule has 4 aromatic carbocycles. The second-order valence-corrected chi connectivity index (χ2v) is 19.2. The predicted octanol–water partition coefficient (Wildman–Crippen LogP) is 7.82. The number of fused-ring (bicyclic) bond motifs is 2. The van der Waals surface area contributed by atoms with Crippen LogP contribution in [-0.2, 0) is 14.1 Å². The lowest BCUT2D eigenvalue weighted by Crippen LogP contribution is -2.42. The molecule has 8 heterocycles. The Bertz CT molecular complexity index is 4000. The molecule has 0 radical (unpaired) electrons. The highest BCUT2D eigenvalue weighted by Crippen LogP contribution is 2.33. The van der Waals surface area contributed by atoms with Crippen LogP contribution in [0.2, 0.25) is 0 Å². The summed E-state index contributed by atoms with van der Waals surface area (Å²) in [4.78, 5) is 71.2. The molecular formula is C58H59ClN16O5. The number of anilines is 4. The average Bonchev–Trinajstić information content (AvgIpc) is 4.05. The minimum Gasteiger partial charge on any atom is -0.477 e. The fourth-order valence-electron chi connectivity index (χ4n) is 9.44. The van der Waals surface area contributed by atoms with Crippen LogP contribution in [0.3, 0.4) is 0 Å². The van der Waals surface area contributed by atoms with Gasteiger partial charge < -0.3 is 37.4 Å². The van der Waals surface area contributed by atoms with E-state index in [1.807, 2.05) is 150 Å². The lowest BCUT2D eigenvalue weighted by molar-refractivity contribution is 0.0650. The molecule has 10 aromatic rings. The molecule has 6 aromatic heterocycles. The third-order valence-corrected chi connectivity index (χ3v) is 13.7. The van der Waals surface area contributed by atoms with Gasteiger partial charge in [-0.25, -0.2) is 14.8 Å². The maximum absolute atomic E-state index is 14.3. The van der Waals surface area contributed by atoms with E-state index >= 15 is 0 Å². The van der Waals surface area contributed by atoms with Crippen LogP contribution < -0.4 is 38.5 Å². The van der Waals surface area contributed by atoms with Gasteiger partial charge in [0.1, 0.15) is 22.8 Å². The Labute approximate surface area is 465 Å². The molecular weight excluding hydrogens is 1040 g/mol. The zero-order valence-corrected chi connectivity index (χ0v) is 45.1. The van der Waals surface area contributed by atoms with Crippen molar-refractivity contribution in [1.29, 1.82) is 0 Å². The summed E-state index contributed by atoms with van der Waals surface area (Å²) in [5.41, 5.74) is 17.5. The fourth-order valence-corrected chi connectivity index (χ4v) is 9.44. The van der Waals surface area contributed by atoms with Gasteiger partial charge in [-0.1, -0.05) is 72.8 Å². The number of para-hydroxylation sites is 2. The van der Waals surface area contributed by atoms with Crippen LogP contribution in [0.25, 0.3) is 55.2 Å². The van der Waals surface area contributed by atoms with Gasteiger partial charge in [-0.2, -0.15) is 20.2 Å². The Hall–Kier alpha value is -9.73. The first-order valence-electron chi connectivity index (χ1n) is 25.7. The molecule has 0 unspecified atom stereocenters. The summed E-state index contributed by atoms with van der Waals surface area (Å²) >= 11 is 0. The quantitative estimate of drug-likeness (QED) is 0.0680. The van der Waals surface area contributed by atoms with E-state index in [0.717, 1.165) is 51.3 Å². The SMILES string of the molecule is C1CNC1.C[C@H](Nc1nc(N)ncc1C(=O)N1CCC1)c1cc2cccc(-c3cnn(C)c3)c2c(=O)n1-c1ccccc1.C[C@H](Nc1nc(N)ncc1C(=O)O)c1cc2cccc(-c3cnn(C)c3)c2c(=O)n1-c1ccccc1.Cl. The van der Waals surface area contributed by atoms with Crippen LogP contribution in [0.15, 0.2) is 156 Å². The molecule has 1 amide bonds. The maximum Gasteiger partial charge on any atom is 0.341 e. The molecule has 2 atom stereocenters. The highest BCUT2D eigenvalue weighted by atomic mass is 35.5. The third kappa shape index (κ3) is 11.4. The summed E-state index contributed by atoms with van der Waals surface area (Å²) in [5.74, 6) is -0.928. The fraction of sp³-hybridized carbons (Fsp3) is 0.207. The van der Waals surface area contributed by atoms with Gasteiger partial charge in [-0.3, -0.25) is 32.9 Å². The van der Waals surface area contributed by atoms with E-state index in [0.29, 0.717) is 52.3 Å². The standard InChI is InChI=1S/C29H28N8O2.C26H23N7O3.C3H7N.ClH/c1-18(33-26-23(16-31-29(30)34-26)27(38)36-12-7-13-36)24-14-19-8-6-11-22(20-15-32-35(2)17-20)25(19)28(39)37(24)21-9-4-3-5-10-21;1-15(30-23-20(25(35)36)13-28-26(27)31-23)21-11-16-7-6-10-19(17-12-29-32(2)14-17)22(16)24(34)33(21)18-8-4-3-5-9-18;1-2-4-3-1;/h3-6,8-11,14-18H,7,12-13H2,1-2H3,(H3,30,31,33,34);3-15H,1-2H3,(H,35,36)(H3,27,28,30,31);4H,1-3H2;1H/t18-;15-;;/m00../s1. The molecule has 12 rings (SSSR count). The number of nitrogen functional groups attached to an aromatic ring is 2. The summed E-state index contributed by atoms with van der Waals surface area (Å²) in [7, 11) is 3.68. The molecule has 408 valence electrons. The van der Waals surface area contributed by atoms with Crippen LogP contribution in [0.1, 0.15) is 70.9 Å². The number of amides is 1. The van der Waals surface area contributed by atoms with E-state index in [1.165, 1.54) is 25.7 Å². The normalized spacial score (nSPS) is 13.3. The molecule has 22 heteroatoms. The number of aromatic nitrogens is 10. The van der Waals surface area contributed by atoms with Crippen molar-refractivity contribution in [2.24, 2.45) is 14.1 Å². The number of pyridine rings is 2. The molecule has 0 aliphatic carbocycles. The van der Waals surface area contributed by atoms with E-state index in [9.17, 15) is 24.3 Å². The number of aromatic carboxylic acids is 1. The van der Waals surface area contributed by atoms with Crippen molar-refractivity contribution in [3.8, 4) is 33.6 Å². The topological polar surface area (TPSA) is 277 Å². The van der Waals surface area contributed by atoms with E-state index in [4.69, 9.17) is 11.5 Å². The maximum atomic E-state index is 14.3. The first-order valence-corrected chi connectivity index (χ1v) is 25.7. The predicted molar refractivity (Wildman–Crippen MR) is 313 cm³/mol. The number of halogens is 1. The minimum absolute atomic E-state index is 0. The summed E-state index contributed by atoms with van der Waals surface area (Å²) in [5, 5.41) is 30.4. The number of carbonyl (C=O) groups excluding carboxylic acids is 1. The molecule has 0 saturated carbocycles. The van der Waals surface area contributed by atoms with E-state index < -0.39 is 18.1 Å². The first kappa shape index (κ1) is 55.0. The zero-order valence-electron chi connectivity index (χ0n) is 44.3. The molecule has 2 aliphatic heterocycles. The molecule has 2 aliphatic rings. The van der Waals surface area contributed by atoms with Crippen LogP contribution >= 0.6 is 12.4 Å². The molecule has 8 N–H and O–H groups in total. The van der Waals surface area contributed by atoms with Crippen molar-refractivity contribution in [3.63, 3.8) is 0 Å². The molecule has 2 saturated heterocycles. The second kappa shape index (κ2) is 23.9. The van der Waals surface area contributed by atoms with E-state index in [-0.39, 0.29) is 52.7 Å². The number of nitrogens with two attached hydrogens (primary N) is 2. The zero-order chi connectivity index (χ0) is 55.3. The largest absolute Gasteiger partial charge is 0.477 e. The van der Waals surface area contributed by atoms with Gasteiger partial charge in [0, 0.05) is 85.9 Å². The third-order valence-electron chi connectivity index (χ3n) is 13.7. The van der Waals surface area contributed by atoms with Crippen molar-refractivity contribution < 1.29 is 14.7 Å². The number of carboxylic acid groups (broad SMARTS) is 1. The number of nitrogens with one attached hydrogen (secondary N) is 3. The molecule has 2 fully saturated rings. The first-order chi connectivity index (χ1) is 38.2. The van der Waals surface area contributed by atoms with Crippen LogP contribution in [0.5, 0.6) is 0 Å². The van der Waals surface area contributed by atoms with Crippen LogP contribution in [-0.4, -0.2) is 96.7 Å².